The van der Waals surface area contributed by atoms with Gasteiger partial charge in [-0.2, -0.15) is 4.31 Å². The fourth-order valence-electron chi connectivity index (χ4n) is 2.92. The summed E-state index contributed by atoms with van der Waals surface area (Å²) < 4.78 is 24.8. The number of nitrogens with zero attached hydrogens (tertiary/aromatic N) is 2. The highest BCUT2D eigenvalue weighted by atomic mass is 32.2. The van der Waals surface area contributed by atoms with E-state index in [0.717, 1.165) is 19.1 Å². The molecule has 2 aliphatic rings. The van der Waals surface area contributed by atoms with Crippen molar-refractivity contribution >= 4 is 21.9 Å². The number of likely N-dealkylation sites (tertiary alicyclic amines) is 1. The first-order valence-electron chi connectivity index (χ1n) is 6.79. The molecule has 0 aromatic rings. The lowest BCUT2D eigenvalue weighted by molar-refractivity contribution is -0.141. The highest BCUT2D eigenvalue weighted by molar-refractivity contribution is 7.88. The van der Waals surface area contributed by atoms with Crippen LogP contribution in [0.5, 0.6) is 0 Å². The molecule has 1 N–H and O–H groups in total. The smallest absolute Gasteiger partial charge is 0.308 e. The summed E-state index contributed by atoms with van der Waals surface area (Å²) in [6.07, 6.45) is 3.64. The number of sulfonamides is 1. The molecule has 2 aliphatic heterocycles. The molecule has 0 radical (unpaired) electrons. The first kappa shape index (κ1) is 15.2. The number of rotatable bonds is 3. The van der Waals surface area contributed by atoms with E-state index >= 15 is 0 Å². The Morgan fingerprint density at radius 3 is 2.40 bits per heavy atom. The molecule has 7 nitrogen and oxygen atoms in total. The molecule has 0 spiro atoms. The Balaban J connectivity index is 2.09. The van der Waals surface area contributed by atoms with Gasteiger partial charge in [0, 0.05) is 19.6 Å². The van der Waals surface area contributed by atoms with Gasteiger partial charge in [-0.15, -0.1) is 0 Å². The number of carboxylic acid groups (broad SMARTS) is 1. The zero-order valence-corrected chi connectivity index (χ0v) is 12.3. The van der Waals surface area contributed by atoms with Gasteiger partial charge >= 0.3 is 5.97 Å². The molecule has 0 aromatic heterocycles. The minimum atomic E-state index is -3.41. The predicted molar refractivity (Wildman–Crippen MR) is 71.5 cm³/mol. The molecule has 0 aromatic carbocycles. The number of carbonyl (C=O) groups is 2. The molecular weight excluding hydrogens is 284 g/mol. The van der Waals surface area contributed by atoms with E-state index in [2.05, 4.69) is 0 Å². The Morgan fingerprint density at radius 2 is 1.85 bits per heavy atom. The van der Waals surface area contributed by atoms with Gasteiger partial charge in [-0.1, -0.05) is 6.42 Å². The van der Waals surface area contributed by atoms with Crippen LogP contribution >= 0.6 is 0 Å². The van der Waals surface area contributed by atoms with Gasteiger partial charge < -0.3 is 10.0 Å². The van der Waals surface area contributed by atoms with Gasteiger partial charge in [-0.3, -0.25) is 9.59 Å². The number of carboxylic acids is 1. The number of hydrogen-bond donors (Lipinski definition) is 1. The van der Waals surface area contributed by atoms with Crippen molar-refractivity contribution in [2.24, 2.45) is 5.92 Å². The van der Waals surface area contributed by atoms with Crippen molar-refractivity contribution in [2.75, 3.05) is 25.9 Å². The number of aliphatic carboxylic acids is 1. The Hall–Kier alpha value is -1.15. The summed E-state index contributed by atoms with van der Waals surface area (Å²) in [4.78, 5) is 24.9. The van der Waals surface area contributed by atoms with E-state index in [9.17, 15) is 18.0 Å². The molecule has 2 saturated heterocycles. The highest BCUT2D eigenvalue weighted by Crippen LogP contribution is 2.24. The van der Waals surface area contributed by atoms with Gasteiger partial charge in [0.1, 0.15) is 6.04 Å². The average Bonchev–Trinajstić information content (AvgIpc) is 2.86. The summed E-state index contributed by atoms with van der Waals surface area (Å²) in [7, 11) is -3.41. The van der Waals surface area contributed by atoms with E-state index < -0.39 is 28.0 Å². The van der Waals surface area contributed by atoms with Crippen LogP contribution in [-0.2, 0) is 19.6 Å². The molecule has 0 bridgehead atoms. The van der Waals surface area contributed by atoms with Crippen molar-refractivity contribution < 1.29 is 23.1 Å². The minimum absolute atomic E-state index is 0.183. The Labute approximate surface area is 118 Å². The second kappa shape index (κ2) is 5.69. The summed E-state index contributed by atoms with van der Waals surface area (Å²) in [5, 5.41) is 8.96. The van der Waals surface area contributed by atoms with E-state index in [1.165, 1.54) is 9.21 Å². The molecule has 8 heteroatoms. The molecule has 2 rings (SSSR count). The standard InChI is InChI=1S/C12H20N2O5S/c1-20(18,19)14-6-3-2-4-10(14)11(15)13-7-5-9(8-13)12(16)17/h9-10H,2-8H2,1H3,(H,16,17)/t9-,10-/m1/s1. The maximum Gasteiger partial charge on any atom is 0.308 e. The van der Waals surface area contributed by atoms with Crippen molar-refractivity contribution in [3.8, 4) is 0 Å². The van der Waals surface area contributed by atoms with E-state index in [0.29, 0.717) is 25.9 Å². The molecule has 2 fully saturated rings. The lowest BCUT2D eigenvalue weighted by Gasteiger charge is -2.34. The fraction of sp³-hybridized carbons (Fsp3) is 0.833. The summed E-state index contributed by atoms with van der Waals surface area (Å²) in [6.45, 7) is 0.942. The van der Waals surface area contributed by atoms with Gasteiger partial charge in [-0.05, 0) is 19.3 Å². The summed E-state index contributed by atoms with van der Waals surface area (Å²) in [6, 6.07) is -0.661. The third kappa shape index (κ3) is 3.12. The first-order chi connectivity index (χ1) is 9.30. The van der Waals surface area contributed by atoms with Crippen molar-refractivity contribution in [3.63, 3.8) is 0 Å². The van der Waals surface area contributed by atoms with Gasteiger partial charge in [0.05, 0.1) is 12.2 Å². The van der Waals surface area contributed by atoms with E-state index in [-0.39, 0.29) is 12.5 Å². The molecule has 2 atom stereocenters. The molecule has 20 heavy (non-hydrogen) atoms. The summed E-state index contributed by atoms with van der Waals surface area (Å²) in [5.41, 5.74) is 0. The predicted octanol–water partition coefficient (Wildman–Crippen LogP) is -0.266. The third-order valence-electron chi connectivity index (χ3n) is 4.01. The summed E-state index contributed by atoms with van der Waals surface area (Å²) in [5.74, 6) is -1.68. The normalized spacial score (nSPS) is 28.6. The Bertz CT molecular complexity index is 504. The van der Waals surface area contributed by atoms with Crippen molar-refractivity contribution in [3.05, 3.63) is 0 Å². The van der Waals surface area contributed by atoms with Crippen LogP contribution in [0, 0.1) is 5.92 Å². The van der Waals surface area contributed by atoms with Crippen LogP contribution in [0.15, 0.2) is 0 Å². The van der Waals surface area contributed by atoms with E-state index in [1.807, 2.05) is 0 Å². The molecule has 0 saturated carbocycles. The number of piperidine rings is 1. The lowest BCUT2D eigenvalue weighted by Crippen LogP contribution is -2.52. The van der Waals surface area contributed by atoms with Gasteiger partial charge in [0.2, 0.25) is 15.9 Å². The van der Waals surface area contributed by atoms with Crippen molar-refractivity contribution in [1.29, 1.82) is 0 Å². The second-order valence-electron chi connectivity index (χ2n) is 5.49. The Morgan fingerprint density at radius 1 is 1.15 bits per heavy atom. The molecule has 1 amide bonds. The molecular formula is C12H20N2O5S. The van der Waals surface area contributed by atoms with Gasteiger partial charge in [-0.25, -0.2) is 8.42 Å². The van der Waals surface area contributed by atoms with Crippen LogP contribution in [0.25, 0.3) is 0 Å². The lowest BCUT2D eigenvalue weighted by atomic mass is 10.0. The second-order valence-corrected chi connectivity index (χ2v) is 7.43. The topological polar surface area (TPSA) is 95.0 Å². The van der Waals surface area contributed by atoms with E-state index in [4.69, 9.17) is 5.11 Å². The van der Waals surface area contributed by atoms with Crippen LogP contribution in [-0.4, -0.2) is 66.5 Å². The molecule has 2 heterocycles. The average molecular weight is 304 g/mol. The monoisotopic (exact) mass is 304 g/mol. The van der Waals surface area contributed by atoms with Crippen LogP contribution in [0.1, 0.15) is 25.7 Å². The molecule has 114 valence electrons. The molecule has 0 aliphatic carbocycles. The maximum atomic E-state index is 12.5. The SMILES string of the molecule is CS(=O)(=O)N1CCCC[C@@H]1C(=O)N1CC[C@@H](C(=O)O)C1. The number of hydrogen-bond acceptors (Lipinski definition) is 4. The van der Waals surface area contributed by atoms with Crippen LogP contribution in [0.4, 0.5) is 0 Å². The maximum absolute atomic E-state index is 12.5. The summed E-state index contributed by atoms with van der Waals surface area (Å²) >= 11 is 0. The minimum Gasteiger partial charge on any atom is -0.481 e. The molecule has 0 unspecified atom stereocenters. The van der Waals surface area contributed by atoms with Crippen molar-refractivity contribution in [2.45, 2.75) is 31.7 Å². The quantitative estimate of drug-likeness (QED) is 0.774. The largest absolute Gasteiger partial charge is 0.481 e. The highest BCUT2D eigenvalue weighted by Gasteiger charge is 2.39. The zero-order valence-electron chi connectivity index (χ0n) is 11.5. The number of carbonyl (C=O) groups excluding carboxylic acids is 1. The van der Waals surface area contributed by atoms with Crippen molar-refractivity contribution in [1.82, 2.24) is 9.21 Å². The van der Waals surface area contributed by atoms with Gasteiger partial charge in [0.25, 0.3) is 0 Å². The first-order valence-corrected chi connectivity index (χ1v) is 8.64. The number of amides is 1. The van der Waals surface area contributed by atoms with Crippen LogP contribution in [0.2, 0.25) is 0 Å². The van der Waals surface area contributed by atoms with Gasteiger partial charge in [0.15, 0.2) is 0 Å². The van der Waals surface area contributed by atoms with E-state index in [1.54, 1.807) is 0 Å². The van der Waals surface area contributed by atoms with Crippen LogP contribution in [0.3, 0.4) is 0 Å². The Kier molecular flexibility index (Phi) is 4.33. The van der Waals surface area contributed by atoms with Crippen LogP contribution < -0.4 is 0 Å². The zero-order chi connectivity index (χ0) is 14.9. The fourth-order valence-corrected chi connectivity index (χ4v) is 4.04. The third-order valence-corrected chi connectivity index (χ3v) is 5.30.